The number of carbonyl (C=O) groups is 2. The van der Waals surface area contributed by atoms with Gasteiger partial charge in [0.1, 0.15) is 5.00 Å². The SMILES string of the molecule is Cc1ccc(/C=C/C(=O)Nc2sc(Cc3ccccc3)c(C)c2C(N)=O)cc1. The normalized spacial score (nSPS) is 10.9. The lowest BCUT2D eigenvalue weighted by Crippen LogP contribution is -2.16. The molecule has 28 heavy (non-hydrogen) atoms. The van der Waals surface area contributed by atoms with Crippen molar-refractivity contribution in [3.8, 4) is 0 Å². The zero-order valence-electron chi connectivity index (χ0n) is 15.9. The van der Waals surface area contributed by atoms with Gasteiger partial charge in [0.15, 0.2) is 0 Å². The molecule has 4 nitrogen and oxygen atoms in total. The number of hydrogen-bond donors (Lipinski definition) is 2. The van der Waals surface area contributed by atoms with Crippen molar-refractivity contribution in [3.05, 3.63) is 93.4 Å². The fraction of sp³-hybridized carbons (Fsp3) is 0.130. The quantitative estimate of drug-likeness (QED) is 0.599. The molecule has 3 N–H and O–H groups in total. The molecular formula is C23H22N2O2S. The largest absolute Gasteiger partial charge is 0.365 e. The van der Waals surface area contributed by atoms with Gasteiger partial charge in [0.25, 0.3) is 5.91 Å². The lowest BCUT2D eigenvalue weighted by Gasteiger charge is -2.02. The number of nitrogens with two attached hydrogens (primary N) is 1. The van der Waals surface area contributed by atoms with E-state index in [1.807, 2.05) is 68.4 Å². The summed E-state index contributed by atoms with van der Waals surface area (Å²) in [5.74, 6) is -0.832. The van der Waals surface area contributed by atoms with Gasteiger partial charge in [-0.3, -0.25) is 9.59 Å². The van der Waals surface area contributed by atoms with Crippen LogP contribution in [-0.4, -0.2) is 11.8 Å². The summed E-state index contributed by atoms with van der Waals surface area (Å²) in [6.07, 6.45) is 3.89. The van der Waals surface area contributed by atoms with Crippen molar-refractivity contribution in [3.63, 3.8) is 0 Å². The summed E-state index contributed by atoms with van der Waals surface area (Å²) < 4.78 is 0. The number of nitrogens with one attached hydrogen (secondary N) is 1. The van der Waals surface area contributed by atoms with Gasteiger partial charge in [-0.05, 0) is 36.6 Å². The Morgan fingerprint density at radius 3 is 2.36 bits per heavy atom. The maximum atomic E-state index is 12.4. The molecule has 0 aliphatic rings. The first-order valence-corrected chi connectivity index (χ1v) is 9.77. The summed E-state index contributed by atoms with van der Waals surface area (Å²) >= 11 is 1.39. The second-order valence-electron chi connectivity index (χ2n) is 6.61. The summed E-state index contributed by atoms with van der Waals surface area (Å²) in [7, 11) is 0. The zero-order chi connectivity index (χ0) is 20.1. The van der Waals surface area contributed by atoms with Crippen molar-refractivity contribution in [1.82, 2.24) is 0 Å². The number of rotatable bonds is 6. The Morgan fingerprint density at radius 2 is 1.71 bits per heavy atom. The summed E-state index contributed by atoms with van der Waals surface area (Å²) in [6.45, 7) is 3.88. The van der Waals surface area contributed by atoms with E-state index in [0.29, 0.717) is 17.0 Å². The van der Waals surface area contributed by atoms with Crippen LogP contribution in [0, 0.1) is 13.8 Å². The van der Waals surface area contributed by atoms with Crippen LogP contribution in [-0.2, 0) is 11.2 Å². The Bertz CT molecular complexity index is 1020. The van der Waals surface area contributed by atoms with Gasteiger partial charge in [-0.15, -0.1) is 11.3 Å². The van der Waals surface area contributed by atoms with Gasteiger partial charge in [0.05, 0.1) is 5.56 Å². The van der Waals surface area contributed by atoms with Crippen LogP contribution in [0.3, 0.4) is 0 Å². The van der Waals surface area contributed by atoms with E-state index in [0.717, 1.165) is 27.1 Å². The summed E-state index contributed by atoms with van der Waals surface area (Å²) in [6, 6.07) is 17.9. The number of amides is 2. The first-order valence-electron chi connectivity index (χ1n) is 8.96. The fourth-order valence-corrected chi connectivity index (χ4v) is 4.15. The van der Waals surface area contributed by atoms with Crippen LogP contribution in [0.25, 0.3) is 6.08 Å². The monoisotopic (exact) mass is 390 g/mol. The van der Waals surface area contributed by atoms with Gasteiger partial charge < -0.3 is 11.1 Å². The van der Waals surface area contributed by atoms with Crippen LogP contribution in [0.4, 0.5) is 5.00 Å². The number of hydrogen-bond acceptors (Lipinski definition) is 3. The van der Waals surface area contributed by atoms with Crippen molar-refractivity contribution in [1.29, 1.82) is 0 Å². The molecule has 0 aliphatic carbocycles. The molecule has 5 heteroatoms. The van der Waals surface area contributed by atoms with E-state index in [2.05, 4.69) is 5.32 Å². The zero-order valence-corrected chi connectivity index (χ0v) is 16.7. The minimum absolute atomic E-state index is 0.296. The highest BCUT2D eigenvalue weighted by atomic mass is 32.1. The number of carbonyl (C=O) groups excluding carboxylic acids is 2. The van der Waals surface area contributed by atoms with Gasteiger partial charge in [-0.25, -0.2) is 0 Å². The molecule has 0 radical (unpaired) electrons. The molecule has 3 aromatic rings. The van der Waals surface area contributed by atoms with E-state index in [1.54, 1.807) is 6.08 Å². The Balaban J connectivity index is 1.80. The lowest BCUT2D eigenvalue weighted by atomic mass is 10.1. The highest BCUT2D eigenvalue weighted by molar-refractivity contribution is 7.17. The van der Waals surface area contributed by atoms with Crippen LogP contribution in [0.5, 0.6) is 0 Å². The summed E-state index contributed by atoms with van der Waals surface area (Å²) in [5, 5.41) is 3.31. The molecule has 3 rings (SSSR count). The highest BCUT2D eigenvalue weighted by Crippen LogP contribution is 2.34. The Labute approximate surface area is 168 Å². The molecule has 1 heterocycles. The highest BCUT2D eigenvalue weighted by Gasteiger charge is 2.20. The number of thiophene rings is 1. The lowest BCUT2D eigenvalue weighted by molar-refractivity contribution is -0.111. The Morgan fingerprint density at radius 1 is 1.04 bits per heavy atom. The Kier molecular flexibility index (Phi) is 6.06. The number of benzene rings is 2. The molecule has 0 bridgehead atoms. The predicted octanol–water partition coefficient (Wildman–Crippen LogP) is 4.71. The molecule has 1 aromatic heterocycles. The van der Waals surface area contributed by atoms with Crippen molar-refractivity contribution in [2.24, 2.45) is 5.73 Å². The molecule has 2 amide bonds. The first kappa shape index (κ1) is 19.6. The van der Waals surface area contributed by atoms with E-state index in [9.17, 15) is 9.59 Å². The maximum Gasteiger partial charge on any atom is 0.251 e. The number of aryl methyl sites for hydroxylation is 1. The van der Waals surface area contributed by atoms with Crippen LogP contribution >= 0.6 is 11.3 Å². The van der Waals surface area contributed by atoms with Gasteiger partial charge in [0, 0.05) is 17.4 Å². The fourth-order valence-electron chi connectivity index (χ4n) is 2.90. The molecule has 142 valence electrons. The minimum Gasteiger partial charge on any atom is -0.365 e. The molecular weight excluding hydrogens is 368 g/mol. The average molecular weight is 391 g/mol. The second kappa shape index (κ2) is 8.67. The molecule has 0 aliphatic heterocycles. The van der Waals surface area contributed by atoms with Crippen LogP contribution in [0.15, 0.2) is 60.7 Å². The number of anilines is 1. The summed E-state index contributed by atoms with van der Waals surface area (Å²) in [4.78, 5) is 25.3. The third kappa shape index (κ3) is 4.75. The predicted molar refractivity (Wildman–Crippen MR) is 116 cm³/mol. The molecule has 0 atom stereocenters. The third-order valence-corrected chi connectivity index (χ3v) is 5.65. The smallest absolute Gasteiger partial charge is 0.251 e. The van der Waals surface area contributed by atoms with Crippen molar-refractivity contribution in [2.75, 3.05) is 5.32 Å². The van der Waals surface area contributed by atoms with Crippen LogP contribution < -0.4 is 11.1 Å². The molecule has 0 saturated heterocycles. The van der Waals surface area contributed by atoms with E-state index >= 15 is 0 Å². The van der Waals surface area contributed by atoms with Gasteiger partial charge >= 0.3 is 0 Å². The standard InChI is InChI=1S/C23H22N2O2S/c1-15-8-10-17(11-9-15)12-13-20(26)25-23-21(22(24)27)16(2)19(28-23)14-18-6-4-3-5-7-18/h3-13H,14H2,1-2H3,(H2,24,27)(H,25,26)/b13-12+. The molecule has 2 aromatic carbocycles. The van der Waals surface area contributed by atoms with Crippen LogP contribution in [0.1, 0.15) is 37.5 Å². The topological polar surface area (TPSA) is 72.2 Å². The van der Waals surface area contributed by atoms with E-state index in [-0.39, 0.29) is 5.91 Å². The molecule has 0 fully saturated rings. The molecule has 0 saturated carbocycles. The van der Waals surface area contributed by atoms with Crippen molar-refractivity contribution < 1.29 is 9.59 Å². The van der Waals surface area contributed by atoms with Gasteiger partial charge in [-0.1, -0.05) is 60.2 Å². The molecule has 0 unspecified atom stereocenters. The number of primary amides is 1. The second-order valence-corrected chi connectivity index (χ2v) is 7.72. The molecule has 0 spiro atoms. The van der Waals surface area contributed by atoms with Crippen molar-refractivity contribution >= 4 is 34.2 Å². The van der Waals surface area contributed by atoms with Gasteiger partial charge in [-0.2, -0.15) is 0 Å². The first-order chi connectivity index (χ1) is 13.4. The summed E-state index contributed by atoms with van der Waals surface area (Å²) in [5.41, 5.74) is 10.0. The maximum absolute atomic E-state index is 12.4. The van der Waals surface area contributed by atoms with E-state index in [4.69, 9.17) is 5.73 Å². The van der Waals surface area contributed by atoms with Gasteiger partial charge in [0.2, 0.25) is 5.91 Å². The van der Waals surface area contributed by atoms with E-state index in [1.165, 1.54) is 17.4 Å². The average Bonchev–Trinajstić information content (AvgIpc) is 2.97. The Hall–Kier alpha value is -3.18. The van der Waals surface area contributed by atoms with Crippen molar-refractivity contribution in [2.45, 2.75) is 20.3 Å². The third-order valence-electron chi connectivity index (χ3n) is 4.44. The van der Waals surface area contributed by atoms with E-state index < -0.39 is 5.91 Å². The van der Waals surface area contributed by atoms with Crippen LogP contribution in [0.2, 0.25) is 0 Å². The minimum atomic E-state index is -0.536.